The Morgan fingerprint density at radius 2 is 2.04 bits per heavy atom. The van der Waals surface area contributed by atoms with Crippen molar-refractivity contribution in [3.8, 4) is 17.1 Å². The van der Waals surface area contributed by atoms with Gasteiger partial charge in [-0.05, 0) is 42.8 Å². The molecule has 1 N–H and O–H groups in total. The minimum atomic E-state index is -0.131. The van der Waals surface area contributed by atoms with E-state index < -0.39 is 0 Å². The third-order valence-corrected chi connectivity index (χ3v) is 4.50. The van der Waals surface area contributed by atoms with E-state index in [0.29, 0.717) is 17.3 Å². The zero-order valence-electron chi connectivity index (χ0n) is 15.1. The molecule has 136 valence electrons. The lowest BCUT2D eigenvalue weighted by Crippen LogP contribution is -2.26. The first kappa shape index (κ1) is 18.3. The van der Waals surface area contributed by atoms with Crippen LogP contribution in [0.15, 0.2) is 48.7 Å². The highest BCUT2D eigenvalue weighted by atomic mass is 35.5. The van der Waals surface area contributed by atoms with Gasteiger partial charge < -0.3 is 9.88 Å². The molecule has 0 saturated heterocycles. The second-order valence-electron chi connectivity index (χ2n) is 6.27. The fourth-order valence-electron chi connectivity index (χ4n) is 2.87. The normalized spacial score (nSPS) is 10.9. The van der Waals surface area contributed by atoms with Gasteiger partial charge in [0.05, 0.1) is 11.4 Å². The van der Waals surface area contributed by atoms with E-state index in [1.165, 1.54) is 0 Å². The van der Waals surface area contributed by atoms with Crippen molar-refractivity contribution in [2.24, 2.45) is 7.05 Å². The molecule has 2 aromatic heterocycles. The van der Waals surface area contributed by atoms with Gasteiger partial charge in [-0.25, -0.2) is 4.68 Å². The number of hydrogen-bond acceptors (Lipinski definition) is 2. The summed E-state index contributed by atoms with van der Waals surface area (Å²) in [6, 6.07) is 13.1. The first-order chi connectivity index (χ1) is 12.6. The van der Waals surface area contributed by atoms with Gasteiger partial charge in [0.25, 0.3) is 5.91 Å². The number of carbonyl (C=O) groups is 1. The number of halogens is 1. The lowest BCUT2D eigenvalue weighted by atomic mass is 10.2. The van der Waals surface area contributed by atoms with Gasteiger partial charge in [-0.2, -0.15) is 5.10 Å². The molecule has 0 saturated carbocycles. The van der Waals surface area contributed by atoms with Crippen LogP contribution in [0.25, 0.3) is 17.1 Å². The Balaban J connectivity index is 1.96. The molecule has 26 heavy (non-hydrogen) atoms. The van der Waals surface area contributed by atoms with E-state index >= 15 is 0 Å². The zero-order chi connectivity index (χ0) is 18.5. The van der Waals surface area contributed by atoms with E-state index in [9.17, 15) is 4.79 Å². The van der Waals surface area contributed by atoms with Crippen LogP contribution in [0.3, 0.4) is 0 Å². The standard InChI is InChI=1S/C20H23ClN4O/c1-3-4-5-11-22-20(26)19-14-17(18-10-7-12-24(18)2)23-25(19)16-9-6-8-15(21)13-16/h6-10,12-14H,3-5,11H2,1-2H3,(H,22,26). The summed E-state index contributed by atoms with van der Waals surface area (Å²) in [5, 5.41) is 8.26. The SMILES string of the molecule is CCCCCNC(=O)c1cc(-c2cccn2C)nn1-c1cccc(Cl)c1. The van der Waals surface area contributed by atoms with Crippen molar-refractivity contribution < 1.29 is 4.79 Å². The van der Waals surface area contributed by atoms with E-state index in [-0.39, 0.29) is 5.91 Å². The van der Waals surface area contributed by atoms with Crippen molar-refractivity contribution in [1.29, 1.82) is 0 Å². The molecule has 0 spiro atoms. The van der Waals surface area contributed by atoms with Crippen molar-refractivity contribution in [3.63, 3.8) is 0 Å². The summed E-state index contributed by atoms with van der Waals surface area (Å²) in [4.78, 5) is 12.7. The molecule has 5 nitrogen and oxygen atoms in total. The van der Waals surface area contributed by atoms with Gasteiger partial charge in [0.2, 0.25) is 0 Å². The van der Waals surface area contributed by atoms with Gasteiger partial charge in [0, 0.05) is 24.8 Å². The molecule has 0 atom stereocenters. The van der Waals surface area contributed by atoms with Gasteiger partial charge >= 0.3 is 0 Å². The van der Waals surface area contributed by atoms with Crippen LogP contribution in [0.5, 0.6) is 0 Å². The van der Waals surface area contributed by atoms with Crippen LogP contribution in [0.1, 0.15) is 36.7 Å². The van der Waals surface area contributed by atoms with Crippen LogP contribution >= 0.6 is 11.6 Å². The fourth-order valence-corrected chi connectivity index (χ4v) is 3.05. The summed E-state index contributed by atoms with van der Waals surface area (Å²) in [5.74, 6) is -0.131. The van der Waals surface area contributed by atoms with E-state index in [0.717, 1.165) is 36.3 Å². The monoisotopic (exact) mass is 370 g/mol. The molecule has 0 unspecified atom stereocenters. The third-order valence-electron chi connectivity index (χ3n) is 4.27. The van der Waals surface area contributed by atoms with Crippen LogP contribution in [-0.4, -0.2) is 26.8 Å². The van der Waals surface area contributed by atoms with Crippen molar-refractivity contribution >= 4 is 17.5 Å². The smallest absolute Gasteiger partial charge is 0.270 e. The first-order valence-electron chi connectivity index (χ1n) is 8.86. The summed E-state index contributed by atoms with van der Waals surface area (Å²) in [6.45, 7) is 2.80. The van der Waals surface area contributed by atoms with Crippen molar-refractivity contribution in [2.75, 3.05) is 6.54 Å². The lowest BCUT2D eigenvalue weighted by molar-refractivity contribution is 0.0945. The highest BCUT2D eigenvalue weighted by Gasteiger charge is 2.18. The Hall–Kier alpha value is -2.53. The third kappa shape index (κ3) is 3.99. The van der Waals surface area contributed by atoms with E-state index in [2.05, 4.69) is 17.3 Å². The average molecular weight is 371 g/mol. The summed E-state index contributed by atoms with van der Waals surface area (Å²) in [6.07, 6.45) is 5.15. The van der Waals surface area contributed by atoms with Crippen LogP contribution < -0.4 is 5.32 Å². The Morgan fingerprint density at radius 3 is 2.73 bits per heavy atom. The maximum atomic E-state index is 12.7. The number of unbranched alkanes of at least 4 members (excludes halogenated alkanes) is 2. The molecule has 0 radical (unpaired) electrons. The van der Waals surface area contributed by atoms with Crippen molar-refractivity contribution in [1.82, 2.24) is 19.7 Å². The average Bonchev–Trinajstić information content (AvgIpc) is 3.24. The Kier molecular flexibility index (Phi) is 5.78. The van der Waals surface area contributed by atoms with Crippen LogP contribution in [0, 0.1) is 0 Å². The van der Waals surface area contributed by atoms with E-state index in [1.54, 1.807) is 16.8 Å². The largest absolute Gasteiger partial charge is 0.351 e. The number of amides is 1. The van der Waals surface area contributed by atoms with Gasteiger partial charge in [0.1, 0.15) is 11.4 Å². The summed E-state index contributed by atoms with van der Waals surface area (Å²) >= 11 is 6.13. The number of aromatic nitrogens is 3. The molecule has 1 amide bonds. The maximum absolute atomic E-state index is 12.7. The minimum absolute atomic E-state index is 0.131. The number of aryl methyl sites for hydroxylation is 1. The zero-order valence-corrected chi connectivity index (χ0v) is 15.8. The Labute approximate surface area is 158 Å². The van der Waals surface area contributed by atoms with E-state index in [1.807, 2.05) is 48.1 Å². The van der Waals surface area contributed by atoms with Crippen LogP contribution in [0.2, 0.25) is 5.02 Å². The topological polar surface area (TPSA) is 51.9 Å². The second-order valence-corrected chi connectivity index (χ2v) is 6.71. The molecular formula is C20H23ClN4O. The fraction of sp³-hybridized carbons (Fsp3) is 0.300. The molecule has 1 aromatic carbocycles. The van der Waals surface area contributed by atoms with Crippen molar-refractivity contribution in [3.05, 3.63) is 59.4 Å². The molecule has 0 aliphatic rings. The number of carbonyl (C=O) groups excluding carboxylic acids is 1. The predicted molar refractivity (Wildman–Crippen MR) is 105 cm³/mol. The Bertz CT molecular complexity index is 897. The molecule has 0 aliphatic heterocycles. The van der Waals surface area contributed by atoms with Gasteiger partial charge in [-0.1, -0.05) is 37.4 Å². The van der Waals surface area contributed by atoms with Gasteiger partial charge in [-0.3, -0.25) is 4.79 Å². The highest BCUT2D eigenvalue weighted by molar-refractivity contribution is 6.30. The number of rotatable bonds is 7. The highest BCUT2D eigenvalue weighted by Crippen LogP contribution is 2.23. The maximum Gasteiger partial charge on any atom is 0.270 e. The molecule has 6 heteroatoms. The summed E-state index contributed by atoms with van der Waals surface area (Å²) < 4.78 is 3.64. The molecule has 2 heterocycles. The molecule has 0 fully saturated rings. The summed E-state index contributed by atoms with van der Waals surface area (Å²) in [5.41, 5.74) is 2.96. The number of nitrogens with one attached hydrogen (secondary N) is 1. The number of benzene rings is 1. The molecule has 3 aromatic rings. The molecule has 3 rings (SSSR count). The van der Waals surface area contributed by atoms with E-state index in [4.69, 9.17) is 11.6 Å². The predicted octanol–water partition coefficient (Wildman–Crippen LogP) is 4.45. The van der Waals surface area contributed by atoms with Crippen LogP contribution in [0.4, 0.5) is 0 Å². The molecular weight excluding hydrogens is 348 g/mol. The Morgan fingerprint density at radius 1 is 1.19 bits per heavy atom. The molecule has 0 bridgehead atoms. The van der Waals surface area contributed by atoms with Crippen LogP contribution in [-0.2, 0) is 7.05 Å². The summed E-state index contributed by atoms with van der Waals surface area (Å²) in [7, 11) is 1.96. The number of hydrogen-bond donors (Lipinski definition) is 1. The quantitative estimate of drug-likeness (QED) is 0.624. The minimum Gasteiger partial charge on any atom is -0.351 e. The second kappa shape index (κ2) is 8.23. The number of nitrogens with zero attached hydrogens (tertiary/aromatic N) is 3. The van der Waals surface area contributed by atoms with Gasteiger partial charge in [0.15, 0.2) is 0 Å². The van der Waals surface area contributed by atoms with Gasteiger partial charge in [-0.15, -0.1) is 0 Å². The molecule has 0 aliphatic carbocycles. The first-order valence-corrected chi connectivity index (χ1v) is 9.24. The lowest BCUT2D eigenvalue weighted by Gasteiger charge is -2.08. The van der Waals surface area contributed by atoms with Crippen molar-refractivity contribution in [2.45, 2.75) is 26.2 Å².